The third-order valence-corrected chi connectivity index (χ3v) is 3.78. The molecule has 0 saturated carbocycles. The van der Waals surface area contributed by atoms with Gasteiger partial charge in [-0.15, -0.1) is 0 Å². The second-order valence-corrected chi connectivity index (χ2v) is 5.76. The third-order valence-electron chi connectivity index (χ3n) is 3.78. The molecule has 0 aliphatic heterocycles. The molecule has 2 heterocycles. The number of nitrogens with zero attached hydrogens (tertiary/aromatic N) is 3. The summed E-state index contributed by atoms with van der Waals surface area (Å²) in [7, 11) is 0. The minimum Gasteiger partial charge on any atom is -0.480 e. The monoisotopic (exact) mass is 311 g/mol. The van der Waals surface area contributed by atoms with E-state index in [2.05, 4.69) is 18.9 Å². The van der Waals surface area contributed by atoms with Gasteiger partial charge in [-0.1, -0.05) is 38.1 Å². The van der Waals surface area contributed by atoms with E-state index in [9.17, 15) is 9.59 Å². The molecule has 0 unspecified atom stereocenters. The van der Waals surface area contributed by atoms with E-state index in [0.29, 0.717) is 17.1 Å². The molecule has 3 aromatic rings. The van der Waals surface area contributed by atoms with Crippen LogP contribution in [0, 0.1) is 0 Å². The molecule has 0 fully saturated rings. The Kier molecular flexibility index (Phi) is 3.73. The Morgan fingerprint density at radius 3 is 2.52 bits per heavy atom. The van der Waals surface area contributed by atoms with Crippen molar-refractivity contribution in [2.24, 2.45) is 0 Å². The first kappa shape index (κ1) is 15.0. The van der Waals surface area contributed by atoms with Crippen molar-refractivity contribution in [3.63, 3.8) is 0 Å². The first-order chi connectivity index (χ1) is 11.0. The number of benzene rings is 1. The highest BCUT2D eigenvalue weighted by atomic mass is 16.4. The minimum atomic E-state index is -1.06. The highest BCUT2D eigenvalue weighted by molar-refractivity contribution is 5.68. The maximum absolute atomic E-state index is 12.3. The Morgan fingerprint density at radius 2 is 1.91 bits per heavy atom. The van der Waals surface area contributed by atoms with E-state index in [1.807, 2.05) is 24.3 Å². The number of hydrogen-bond donors (Lipinski definition) is 1. The lowest BCUT2D eigenvalue weighted by Gasteiger charge is -2.05. The van der Waals surface area contributed by atoms with Crippen molar-refractivity contribution in [2.45, 2.75) is 26.3 Å². The zero-order valence-electron chi connectivity index (χ0n) is 12.9. The highest BCUT2D eigenvalue weighted by Gasteiger charge is 2.11. The molecule has 0 aliphatic rings. The topological polar surface area (TPSA) is 76.6 Å². The van der Waals surface area contributed by atoms with E-state index in [1.165, 1.54) is 16.3 Å². The quantitative estimate of drug-likeness (QED) is 0.802. The molecule has 118 valence electrons. The number of rotatable bonds is 4. The molecule has 6 heteroatoms. The predicted molar refractivity (Wildman–Crippen MR) is 86.6 cm³/mol. The van der Waals surface area contributed by atoms with Gasteiger partial charge in [-0.25, -0.2) is 4.52 Å². The Morgan fingerprint density at radius 1 is 1.22 bits per heavy atom. The SMILES string of the molecule is CC(C)c1ccc(-c2cc3c(=O)n(CC(=O)O)ccn3n2)cc1. The maximum Gasteiger partial charge on any atom is 0.323 e. The third kappa shape index (κ3) is 2.88. The van der Waals surface area contributed by atoms with Gasteiger partial charge in [-0.05, 0) is 17.5 Å². The van der Waals surface area contributed by atoms with Crippen molar-refractivity contribution in [3.8, 4) is 11.3 Å². The minimum absolute atomic E-state index is 0.358. The van der Waals surface area contributed by atoms with E-state index in [0.717, 1.165) is 10.1 Å². The van der Waals surface area contributed by atoms with Crippen LogP contribution in [0.5, 0.6) is 0 Å². The van der Waals surface area contributed by atoms with Crippen molar-refractivity contribution in [3.05, 3.63) is 58.6 Å². The standard InChI is InChI=1S/C17H17N3O3/c1-11(2)12-3-5-13(6-4-12)14-9-15-17(23)19(10-16(21)22)7-8-20(15)18-14/h3-9,11H,10H2,1-2H3,(H,21,22). The van der Waals surface area contributed by atoms with Gasteiger partial charge in [-0.2, -0.15) is 5.10 Å². The molecule has 2 aromatic heterocycles. The number of fused-ring (bicyclic) bond motifs is 1. The molecule has 23 heavy (non-hydrogen) atoms. The first-order valence-corrected chi connectivity index (χ1v) is 7.36. The van der Waals surface area contributed by atoms with E-state index >= 15 is 0 Å². The average Bonchev–Trinajstić information content (AvgIpc) is 2.95. The van der Waals surface area contributed by atoms with Gasteiger partial charge in [0, 0.05) is 18.0 Å². The Hall–Kier alpha value is -2.89. The largest absolute Gasteiger partial charge is 0.480 e. The lowest BCUT2D eigenvalue weighted by Crippen LogP contribution is -2.24. The fraction of sp³-hybridized carbons (Fsp3) is 0.235. The summed E-state index contributed by atoms with van der Waals surface area (Å²) in [4.78, 5) is 23.1. The van der Waals surface area contributed by atoms with Gasteiger partial charge in [0.05, 0.1) is 5.69 Å². The number of carboxylic acids is 1. The molecule has 0 radical (unpaired) electrons. The van der Waals surface area contributed by atoms with Gasteiger partial charge in [0.25, 0.3) is 5.56 Å². The number of hydrogen-bond acceptors (Lipinski definition) is 3. The molecule has 0 bridgehead atoms. The van der Waals surface area contributed by atoms with Crippen LogP contribution in [0.15, 0.2) is 47.5 Å². The van der Waals surface area contributed by atoms with Crippen LogP contribution in [-0.2, 0) is 11.3 Å². The first-order valence-electron chi connectivity index (χ1n) is 7.36. The molecule has 0 aliphatic carbocycles. The summed E-state index contributed by atoms with van der Waals surface area (Å²) in [5.41, 5.74) is 2.83. The van der Waals surface area contributed by atoms with E-state index in [-0.39, 0.29) is 12.1 Å². The predicted octanol–water partition coefficient (Wildman–Crippen LogP) is 2.37. The van der Waals surface area contributed by atoms with E-state index < -0.39 is 5.97 Å². The second-order valence-electron chi connectivity index (χ2n) is 5.76. The Labute approximate surface area is 132 Å². The van der Waals surface area contributed by atoms with Gasteiger partial charge in [0.1, 0.15) is 12.1 Å². The number of aliphatic carboxylic acids is 1. The summed E-state index contributed by atoms with van der Waals surface area (Å²) in [6.45, 7) is 3.90. The molecule has 0 saturated heterocycles. The number of carbonyl (C=O) groups is 1. The fourth-order valence-electron chi connectivity index (χ4n) is 2.48. The molecular formula is C17H17N3O3. The van der Waals surface area contributed by atoms with Crippen molar-refractivity contribution in [1.82, 2.24) is 14.2 Å². The molecule has 0 amide bonds. The van der Waals surface area contributed by atoms with E-state index in [4.69, 9.17) is 5.11 Å². The summed E-state index contributed by atoms with van der Waals surface area (Å²) in [6, 6.07) is 9.74. The van der Waals surface area contributed by atoms with Crippen LogP contribution >= 0.6 is 0 Å². The van der Waals surface area contributed by atoms with Gasteiger partial charge in [-0.3, -0.25) is 9.59 Å². The summed E-state index contributed by atoms with van der Waals surface area (Å²) < 4.78 is 2.64. The van der Waals surface area contributed by atoms with Gasteiger partial charge >= 0.3 is 5.97 Å². The van der Waals surface area contributed by atoms with Crippen LogP contribution in [0.1, 0.15) is 25.3 Å². The van der Waals surface area contributed by atoms with Gasteiger partial charge in [0.2, 0.25) is 0 Å². The zero-order chi connectivity index (χ0) is 16.6. The average molecular weight is 311 g/mol. The van der Waals surface area contributed by atoms with Crippen LogP contribution in [0.2, 0.25) is 0 Å². The van der Waals surface area contributed by atoms with Crippen molar-refractivity contribution in [2.75, 3.05) is 0 Å². The smallest absolute Gasteiger partial charge is 0.323 e. The van der Waals surface area contributed by atoms with Crippen LogP contribution in [0.3, 0.4) is 0 Å². The Balaban J connectivity index is 2.04. The van der Waals surface area contributed by atoms with E-state index in [1.54, 1.807) is 12.3 Å². The molecular weight excluding hydrogens is 294 g/mol. The number of carboxylic acid groups (broad SMARTS) is 1. The van der Waals surface area contributed by atoms with Crippen molar-refractivity contribution < 1.29 is 9.90 Å². The summed E-state index contributed by atoms with van der Waals surface area (Å²) in [5, 5.41) is 13.2. The number of aromatic nitrogens is 3. The van der Waals surface area contributed by atoms with Crippen LogP contribution < -0.4 is 5.56 Å². The van der Waals surface area contributed by atoms with Gasteiger partial charge < -0.3 is 9.67 Å². The summed E-state index contributed by atoms with van der Waals surface area (Å²) in [6.07, 6.45) is 3.02. The maximum atomic E-state index is 12.3. The zero-order valence-corrected chi connectivity index (χ0v) is 12.9. The lowest BCUT2D eigenvalue weighted by molar-refractivity contribution is -0.137. The second kappa shape index (κ2) is 5.72. The molecule has 3 rings (SSSR count). The molecule has 1 aromatic carbocycles. The van der Waals surface area contributed by atoms with Crippen LogP contribution in [-0.4, -0.2) is 25.3 Å². The lowest BCUT2D eigenvalue weighted by atomic mass is 10.0. The van der Waals surface area contributed by atoms with Crippen molar-refractivity contribution >= 4 is 11.5 Å². The molecule has 0 spiro atoms. The van der Waals surface area contributed by atoms with Crippen molar-refractivity contribution in [1.29, 1.82) is 0 Å². The van der Waals surface area contributed by atoms with Crippen LogP contribution in [0.4, 0.5) is 0 Å². The highest BCUT2D eigenvalue weighted by Crippen LogP contribution is 2.22. The molecule has 1 N–H and O–H groups in total. The van der Waals surface area contributed by atoms with Crippen LogP contribution in [0.25, 0.3) is 16.8 Å². The fourth-order valence-corrected chi connectivity index (χ4v) is 2.48. The molecule has 0 atom stereocenters. The normalized spacial score (nSPS) is 11.3. The Bertz CT molecular complexity index is 920. The van der Waals surface area contributed by atoms with Gasteiger partial charge in [0.15, 0.2) is 0 Å². The molecule has 6 nitrogen and oxygen atoms in total. The summed E-state index contributed by atoms with van der Waals surface area (Å²) >= 11 is 0. The summed E-state index contributed by atoms with van der Waals surface area (Å²) in [5.74, 6) is -0.603.